The van der Waals surface area contributed by atoms with E-state index in [1.807, 2.05) is 64.6 Å². The standard InChI is InChI=1S/C24H26N4O2S/c1-16-6-8-18(9-7-16)28-22(29)14-19(23(28)21-5-3-13-31-21)24(30)27-12-2-4-17(15-27)20-10-11-25-26-20/h3,5-11,13,17,19,23H,2,4,12,14-15H2,1H3,(H,25,26). The highest BCUT2D eigenvalue weighted by Crippen LogP contribution is 2.44. The van der Waals surface area contributed by atoms with Crippen LogP contribution in [-0.4, -0.2) is 40.0 Å². The van der Waals surface area contributed by atoms with Gasteiger partial charge in [0.2, 0.25) is 11.8 Å². The highest BCUT2D eigenvalue weighted by atomic mass is 32.1. The van der Waals surface area contributed by atoms with E-state index in [1.165, 1.54) is 0 Å². The first kappa shape index (κ1) is 20.0. The summed E-state index contributed by atoms with van der Waals surface area (Å²) >= 11 is 1.61. The Morgan fingerprint density at radius 1 is 1.19 bits per heavy atom. The lowest BCUT2D eigenvalue weighted by Gasteiger charge is -2.35. The molecule has 3 atom stereocenters. The number of rotatable bonds is 4. The summed E-state index contributed by atoms with van der Waals surface area (Å²) in [7, 11) is 0. The summed E-state index contributed by atoms with van der Waals surface area (Å²) in [6, 6.07) is 13.8. The van der Waals surface area contributed by atoms with Gasteiger partial charge in [-0.2, -0.15) is 5.10 Å². The smallest absolute Gasteiger partial charge is 0.228 e. The first-order valence-electron chi connectivity index (χ1n) is 10.8. The molecule has 2 aliphatic rings. The summed E-state index contributed by atoms with van der Waals surface area (Å²) < 4.78 is 0. The molecule has 5 rings (SSSR count). The SMILES string of the molecule is Cc1ccc(N2C(=O)CC(C(=O)N3CCCC(c4ccn[nH]4)C3)C2c2cccs2)cc1. The number of likely N-dealkylation sites (tertiary alicyclic amines) is 1. The fourth-order valence-corrected chi connectivity index (χ4v) is 5.79. The molecule has 0 saturated carbocycles. The van der Waals surface area contributed by atoms with Crippen molar-refractivity contribution in [1.29, 1.82) is 0 Å². The van der Waals surface area contributed by atoms with Crippen molar-refractivity contribution in [3.05, 3.63) is 70.2 Å². The van der Waals surface area contributed by atoms with Crippen molar-refractivity contribution < 1.29 is 9.59 Å². The number of H-pyrrole nitrogens is 1. The van der Waals surface area contributed by atoms with Gasteiger partial charge in [-0.3, -0.25) is 14.7 Å². The monoisotopic (exact) mass is 434 g/mol. The van der Waals surface area contributed by atoms with Gasteiger partial charge < -0.3 is 9.80 Å². The number of hydrogen-bond acceptors (Lipinski definition) is 4. The zero-order valence-electron chi connectivity index (χ0n) is 17.5. The zero-order chi connectivity index (χ0) is 21.4. The molecule has 31 heavy (non-hydrogen) atoms. The molecule has 2 fully saturated rings. The second-order valence-corrected chi connectivity index (χ2v) is 9.48. The Labute approximate surface area is 185 Å². The highest BCUT2D eigenvalue weighted by molar-refractivity contribution is 7.10. The third kappa shape index (κ3) is 3.78. The Hall–Kier alpha value is -2.93. The van der Waals surface area contributed by atoms with Gasteiger partial charge in [0.05, 0.1) is 12.0 Å². The van der Waals surface area contributed by atoms with E-state index in [2.05, 4.69) is 10.2 Å². The predicted octanol–water partition coefficient (Wildman–Crippen LogP) is 4.28. The maximum Gasteiger partial charge on any atom is 0.228 e. The molecular weight excluding hydrogens is 408 g/mol. The molecule has 0 radical (unpaired) electrons. The van der Waals surface area contributed by atoms with Crippen LogP contribution in [0.3, 0.4) is 0 Å². The maximum absolute atomic E-state index is 13.7. The van der Waals surface area contributed by atoms with Gasteiger partial charge in [0.25, 0.3) is 0 Å². The first-order valence-corrected chi connectivity index (χ1v) is 11.7. The number of carbonyl (C=O) groups is 2. The van der Waals surface area contributed by atoms with Crippen molar-refractivity contribution in [2.24, 2.45) is 5.92 Å². The minimum absolute atomic E-state index is 0.0164. The largest absolute Gasteiger partial charge is 0.342 e. The van der Waals surface area contributed by atoms with Crippen LogP contribution in [0, 0.1) is 12.8 Å². The molecule has 3 unspecified atom stereocenters. The van der Waals surface area contributed by atoms with Crippen LogP contribution in [0.2, 0.25) is 0 Å². The molecule has 0 bridgehead atoms. The average Bonchev–Trinajstić information content (AvgIpc) is 3.55. The minimum atomic E-state index is -0.368. The van der Waals surface area contributed by atoms with Crippen LogP contribution in [0.15, 0.2) is 54.0 Å². The van der Waals surface area contributed by atoms with Crippen LogP contribution in [0.5, 0.6) is 0 Å². The lowest BCUT2D eigenvalue weighted by atomic mass is 9.91. The van der Waals surface area contributed by atoms with Gasteiger partial charge in [-0.05, 0) is 49.4 Å². The molecule has 3 aromatic rings. The summed E-state index contributed by atoms with van der Waals surface area (Å²) in [5.41, 5.74) is 3.09. The van der Waals surface area contributed by atoms with Crippen LogP contribution in [-0.2, 0) is 9.59 Å². The Bertz CT molecular complexity index is 1050. The van der Waals surface area contributed by atoms with Crippen molar-refractivity contribution >= 4 is 28.8 Å². The molecule has 1 N–H and O–H groups in total. The summed E-state index contributed by atoms with van der Waals surface area (Å²) in [6.45, 7) is 3.45. The van der Waals surface area contributed by atoms with Crippen molar-refractivity contribution in [1.82, 2.24) is 15.1 Å². The Morgan fingerprint density at radius 2 is 2.03 bits per heavy atom. The number of piperidine rings is 1. The van der Waals surface area contributed by atoms with Crippen LogP contribution in [0.25, 0.3) is 0 Å². The second kappa shape index (κ2) is 8.30. The summed E-state index contributed by atoms with van der Waals surface area (Å²) in [6.07, 6.45) is 4.01. The molecule has 0 aliphatic carbocycles. The third-order valence-electron chi connectivity index (χ3n) is 6.48. The molecule has 160 valence electrons. The van der Waals surface area contributed by atoms with Crippen molar-refractivity contribution in [3.8, 4) is 0 Å². The first-order chi connectivity index (χ1) is 15.1. The topological polar surface area (TPSA) is 69.3 Å². The number of nitrogens with one attached hydrogen (secondary N) is 1. The fraction of sp³-hybridized carbons (Fsp3) is 0.375. The van der Waals surface area contributed by atoms with Gasteiger partial charge in [-0.15, -0.1) is 11.3 Å². The van der Waals surface area contributed by atoms with Gasteiger partial charge in [0.15, 0.2) is 0 Å². The highest BCUT2D eigenvalue weighted by Gasteiger charge is 2.47. The normalized spacial score (nSPS) is 24.0. The van der Waals surface area contributed by atoms with Gasteiger partial charge in [-0.1, -0.05) is 23.8 Å². The van der Waals surface area contributed by atoms with Gasteiger partial charge in [0, 0.05) is 47.9 Å². The fourth-order valence-electron chi connectivity index (χ4n) is 4.91. The number of nitrogens with zero attached hydrogens (tertiary/aromatic N) is 3. The van der Waals surface area contributed by atoms with Crippen LogP contribution in [0.4, 0.5) is 5.69 Å². The summed E-state index contributed by atoms with van der Waals surface area (Å²) in [5.74, 6) is 0.00645. The minimum Gasteiger partial charge on any atom is -0.342 e. The lowest BCUT2D eigenvalue weighted by Crippen LogP contribution is -2.43. The molecule has 2 aromatic heterocycles. The number of hydrogen-bond donors (Lipinski definition) is 1. The van der Waals surface area contributed by atoms with E-state index in [0.29, 0.717) is 6.54 Å². The Kier molecular flexibility index (Phi) is 5.36. The number of amides is 2. The number of carbonyl (C=O) groups excluding carboxylic acids is 2. The van der Waals surface area contributed by atoms with Gasteiger partial charge >= 0.3 is 0 Å². The van der Waals surface area contributed by atoms with E-state index < -0.39 is 0 Å². The van der Waals surface area contributed by atoms with E-state index in [9.17, 15) is 9.59 Å². The van der Waals surface area contributed by atoms with E-state index in [4.69, 9.17) is 0 Å². The molecule has 2 saturated heterocycles. The summed E-state index contributed by atoms with van der Waals surface area (Å²) in [5, 5.41) is 9.15. The quantitative estimate of drug-likeness (QED) is 0.666. The second-order valence-electron chi connectivity index (χ2n) is 8.51. The lowest BCUT2D eigenvalue weighted by molar-refractivity contribution is -0.137. The molecule has 0 spiro atoms. The molecule has 2 aliphatic heterocycles. The van der Waals surface area contributed by atoms with Gasteiger partial charge in [-0.25, -0.2) is 0 Å². The number of aryl methyl sites for hydroxylation is 1. The number of aromatic nitrogens is 2. The maximum atomic E-state index is 13.7. The Morgan fingerprint density at radius 3 is 2.74 bits per heavy atom. The van der Waals surface area contributed by atoms with Crippen LogP contribution >= 0.6 is 11.3 Å². The number of anilines is 1. The van der Waals surface area contributed by atoms with Crippen molar-refractivity contribution in [3.63, 3.8) is 0 Å². The third-order valence-corrected chi connectivity index (χ3v) is 7.42. The van der Waals surface area contributed by atoms with E-state index in [0.717, 1.165) is 41.2 Å². The van der Waals surface area contributed by atoms with E-state index in [1.54, 1.807) is 17.5 Å². The van der Waals surface area contributed by atoms with Crippen molar-refractivity contribution in [2.75, 3.05) is 18.0 Å². The molecule has 1 aromatic carbocycles. The molecule has 4 heterocycles. The van der Waals surface area contributed by atoms with E-state index >= 15 is 0 Å². The van der Waals surface area contributed by atoms with Crippen molar-refractivity contribution in [2.45, 2.75) is 38.1 Å². The van der Waals surface area contributed by atoms with Gasteiger partial charge in [0.1, 0.15) is 0 Å². The number of thiophene rings is 1. The Balaban J connectivity index is 1.44. The predicted molar refractivity (Wildman–Crippen MR) is 121 cm³/mol. The molecule has 2 amide bonds. The molecular formula is C24H26N4O2S. The molecule has 7 heteroatoms. The zero-order valence-corrected chi connectivity index (χ0v) is 18.3. The summed E-state index contributed by atoms with van der Waals surface area (Å²) in [4.78, 5) is 31.7. The van der Waals surface area contributed by atoms with Crippen LogP contribution in [0.1, 0.15) is 47.4 Å². The number of benzene rings is 1. The van der Waals surface area contributed by atoms with E-state index in [-0.39, 0.29) is 36.1 Å². The number of aromatic amines is 1. The average molecular weight is 435 g/mol. The molecule has 6 nitrogen and oxygen atoms in total. The van der Waals surface area contributed by atoms with Crippen LogP contribution < -0.4 is 4.90 Å².